The minimum atomic E-state index is -0.426. The summed E-state index contributed by atoms with van der Waals surface area (Å²) in [6.07, 6.45) is 2.57. The van der Waals surface area contributed by atoms with Gasteiger partial charge in [-0.2, -0.15) is 11.3 Å². The molecule has 1 aliphatic rings. The zero-order valence-electron chi connectivity index (χ0n) is 17.2. The molecule has 4 heterocycles. The Morgan fingerprint density at radius 2 is 2.16 bits per heavy atom. The largest absolute Gasteiger partial charge is 0.326 e. The average Bonchev–Trinajstić information content (AvgIpc) is 3.60. The maximum atomic E-state index is 13.0. The molecular formula is C23H21N3O2S4. The molecule has 2 amide bonds. The summed E-state index contributed by atoms with van der Waals surface area (Å²) < 4.78 is 2.10. The molecule has 9 heteroatoms. The van der Waals surface area contributed by atoms with Crippen molar-refractivity contribution in [2.75, 3.05) is 17.6 Å². The molecule has 5 rings (SSSR count). The van der Waals surface area contributed by atoms with Crippen LogP contribution in [-0.2, 0) is 11.2 Å². The van der Waals surface area contributed by atoms with Gasteiger partial charge in [0.15, 0.2) is 4.34 Å². The van der Waals surface area contributed by atoms with E-state index in [9.17, 15) is 9.59 Å². The van der Waals surface area contributed by atoms with Gasteiger partial charge in [-0.15, -0.1) is 22.7 Å². The van der Waals surface area contributed by atoms with Crippen molar-refractivity contribution in [3.63, 3.8) is 0 Å². The van der Waals surface area contributed by atoms with Crippen LogP contribution in [0.5, 0.6) is 0 Å². The summed E-state index contributed by atoms with van der Waals surface area (Å²) in [6.45, 7) is 0.620. The molecule has 1 atom stereocenters. The van der Waals surface area contributed by atoms with Gasteiger partial charge in [-0.1, -0.05) is 17.8 Å². The van der Waals surface area contributed by atoms with E-state index in [-0.39, 0.29) is 11.8 Å². The molecule has 32 heavy (non-hydrogen) atoms. The van der Waals surface area contributed by atoms with Crippen LogP contribution >= 0.6 is 45.8 Å². The molecule has 0 bridgehead atoms. The number of nitrogens with zero attached hydrogens (tertiary/aromatic N) is 2. The second kappa shape index (κ2) is 9.74. The number of carbonyl (C=O) groups is 2. The highest BCUT2D eigenvalue weighted by Gasteiger charge is 2.34. The van der Waals surface area contributed by atoms with Gasteiger partial charge in [-0.05, 0) is 71.3 Å². The van der Waals surface area contributed by atoms with Crippen LogP contribution in [-0.4, -0.2) is 40.0 Å². The lowest BCUT2D eigenvalue weighted by Crippen LogP contribution is -2.42. The van der Waals surface area contributed by atoms with Gasteiger partial charge in [0.25, 0.3) is 5.91 Å². The first-order valence-electron chi connectivity index (χ1n) is 10.4. The Balaban J connectivity index is 1.23. The number of amides is 2. The lowest BCUT2D eigenvalue weighted by Gasteiger charge is -2.23. The molecule has 164 valence electrons. The van der Waals surface area contributed by atoms with Crippen molar-refractivity contribution in [3.8, 4) is 0 Å². The standard InChI is InChI=1S/C23H21N3O2S4/c27-21(18-3-1-9-26(18)22(28)19-4-2-10-30-19)24-16-5-6-17-20(13-16)32-23(25-17)31-12-8-15-7-11-29-14-15/h2,4-7,10-11,13-14,18H,1,3,8-9,12H2,(H,24,27). The average molecular weight is 500 g/mol. The number of thiophene rings is 2. The molecule has 0 aliphatic carbocycles. The van der Waals surface area contributed by atoms with E-state index >= 15 is 0 Å². The third kappa shape index (κ3) is 4.76. The summed E-state index contributed by atoms with van der Waals surface area (Å²) in [7, 11) is 0. The Morgan fingerprint density at radius 3 is 2.97 bits per heavy atom. The van der Waals surface area contributed by atoms with Gasteiger partial charge in [0, 0.05) is 18.0 Å². The number of thiazole rings is 1. The van der Waals surface area contributed by atoms with Crippen LogP contribution in [0.2, 0.25) is 0 Å². The summed E-state index contributed by atoms with van der Waals surface area (Å²) in [5.41, 5.74) is 3.06. The Kier molecular flexibility index (Phi) is 6.59. The van der Waals surface area contributed by atoms with Crippen molar-refractivity contribution in [2.45, 2.75) is 29.6 Å². The Hall–Kier alpha value is -2.20. The molecule has 1 saturated heterocycles. The topological polar surface area (TPSA) is 62.3 Å². The molecule has 0 spiro atoms. The molecule has 0 radical (unpaired) electrons. The molecule has 1 N–H and O–H groups in total. The first-order chi connectivity index (χ1) is 15.7. The van der Waals surface area contributed by atoms with Crippen LogP contribution in [0, 0.1) is 0 Å². The summed E-state index contributed by atoms with van der Waals surface area (Å²) in [6, 6.07) is 11.2. The van der Waals surface area contributed by atoms with E-state index in [1.54, 1.807) is 39.3 Å². The minimum absolute atomic E-state index is 0.0559. The normalized spacial score (nSPS) is 16.0. The van der Waals surface area contributed by atoms with Gasteiger partial charge in [0.05, 0.1) is 15.1 Å². The third-order valence-electron chi connectivity index (χ3n) is 5.38. The van der Waals surface area contributed by atoms with E-state index in [0.717, 1.165) is 38.8 Å². The quantitative estimate of drug-likeness (QED) is 0.317. The lowest BCUT2D eigenvalue weighted by atomic mass is 10.2. The number of fused-ring (bicyclic) bond motifs is 1. The number of carbonyl (C=O) groups excluding carboxylic acids is 2. The number of benzene rings is 1. The van der Waals surface area contributed by atoms with Crippen LogP contribution in [0.15, 0.2) is 56.9 Å². The summed E-state index contributed by atoms with van der Waals surface area (Å²) in [5, 5.41) is 9.20. The second-order valence-corrected chi connectivity index (χ2v) is 11.6. The molecule has 4 aromatic rings. The van der Waals surface area contributed by atoms with Gasteiger partial charge in [-0.3, -0.25) is 9.59 Å². The van der Waals surface area contributed by atoms with E-state index in [0.29, 0.717) is 17.8 Å². The highest BCUT2D eigenvalue weighted by Crippen LogP contribution is 2.32. The number of anilines is 1. The fourth-order valence-corrected chi connectivity index (χ4v) is 7.33. The summed E-state index contributed by atoms with van der Waals surface area (Å²) in [4.78, 5) is 32.8. The molecule has 3 aromatic heterocycles. The van der Waals surface area contributed by atoms with Crippen LogP contribution in [0.25, 0.3) is 10.2 Å². The lowest BCUT2D eigenvalue weighted by molar-refractivity contribution is -0.119. The number of aromatic nitrogens is 1. The fraction of sp³-hybridized carbons (Fsp3) is 0.261. The van der Waals surface area contributed by atoms with Crippen molar-refractivity contribution >= 4 is 73.5 Å². The Bertz CT molecular complexity index is 1220. The third-order valence-corrected chi connectivity index (χ3v) is 9.13. The van der Waals surface area contributed by atoms with Gasteiger partial charge in [0.2, 0.25) is 5.91 Å². The van der Waals surface area contributed by atoms with Gasteiger partial charge >= 0.3 is 0 Å². The van der Waals surface area contributed by atoms with Crippen molar-refractivity contribution < 1.29 is 9.59 Å². The van der Waals surface area contributed by atoms with Crippen molar-refractivity contribution in [1.29, 1.82) is 0 Å². The minimum Gasteiger partial charge on any atom is -0.326 e. The highest BCUT2D eigenvalue weighted by molar-refractivity contribution is 8.01. The predicted molar refractivity (Wildman–Crippen MR) is 135 cm³/mol. The highest BCUT2D eigenvalue weighted by atomic mass is 32.2. The van der Waals surface area contributed by atoms with Crippen LogP contribution in [0.3, 0.4) is 0 Å². The van der Waals surface area contributed by atoms with E-state index in [1.807, 2.05) is 35.7 Å². The molecule has 0 saturated carbocycles. The zero-order valence-corrected chi connectivity index (χ0v) is 20.4. The number of likely N-dealkylation sites (tertiary alicyclic amines) is 1. The van der Waals surface area contributed by atoms with E-state index in [1.165, 1.54) is 16.9 Å². The van der Waals surface area contributed by atoms with Gasteiger partial charge in [0.1, 0.15) is 6.04 Å². The number of thioether (sulfide) groups is 1. The van der Waals surface area contributed by atoms with Gasteiger partial charge in [-0.25, -0.2) is 4.98 Å². The first-order valence-corrected chi connectivity index (χ1v) is 14.0. The molecular weight excluding hydrogens is 479 g/mol. The maximum Gasteiger partial charge on any atom is 0.264 e. The van der Waals surface area contributed by atoms with Crippen LogP contribution in [0.4, 0.5) is 5.69 Å². The number of aryl methyl sites for hydroxylation is 1. The Morgan fingerprint density at radius 1 is 1.22 bits per heavy atom. The van der Waals surface area contributed by atoms with E-state index in [2.05, 4.69) is 22.1 Å². The SMILES string of the molecule is O=C(Nc1ccc2nc(SCCc3ccsc3)sc2c1)C1CCCN1C(=O)c1cccs1. The maximum absolute atomic E-state index is 13.0. The molecule has 1 aliphatic heterocycles. The molecule has 1 aromatic carbocycles. The summed E-state index contributed by atoms with van der Waals surface area (Å²) >= 11 is 6.56. The summed E-state index contributed by atoms with van der Waals surface area (Å²) in [5.74, 6) is 0.817. The van der Waals surface area contributed by atoms with E-state index in [4.69, 9.17) is 4.98 Å². The van der Waals surface area contributed by atoms with Crippen molar-refractivity contribution in [1.82, 2.24) is 9.88 Å². The predicted octanol–water partition coefficient (Wildman–Crippen LogP) is 6.00. The number of hydrogen-bond acceptors (Lipinski definition) is 7. The van der Waals surface area contributed by atoms with E-state index < -0.39 is 6.04 Å². The van der Waals surface area contributed by atoms with Gasteiger partial charge < -0.3 is 10.2 Å². The number of rotatable bonds is 7. The second-order valence-electron chi connectivity index (χ2n) is 7.52. The van der Waals surface area contributed by atoms with Crippen molar-refractivity contribution in [3.05, 3.63) is 63.0 Å². The fourth-order valence-electron chi connectivity index (χ4n) is 3.78. The molecule has 1 fully saturated rings. The smallest absolute Gasteiger partial charge is 0.264 e. The monoisotopic (exact) mass is 499 g/mol. The van der Waals surface area contributed by atoms with Crippen molar-refractivity contribution in [2.24, 2.45) is 0 Å². The molecule has 5 nitrogen and oxygen atoms in total. The first kappa shape index (κ1) is 21.6. The number of nitrogens with one attached hydrogen (secondary N) is 1. The zero-order chi connectivity index (χ0) is 21.9. The van der Waals surface area contributed by atoms with Crippen LogP contribution in [0.1, 0.15) is 28.1 Å². The van der Waals surface area contributed by atoms with Crippen LogP contribution < -0.4 is 5.32 Å². The Labute approximate surface area is 202 Å². The molecule has 1 unspecified atom stereocenters. The number of hydrogen-bond donors (Lipinski definition) is 1.